The van der Waals surface area contributed by atoms with Gasteiger partial charge in [0.25, 0.3) is 5.22 Å². The quantitative estimate of drug-likeness (QED) is 0.548. The van der Waals surface area contributed by atoms with Crippen LogP contribution in [0.5, 0.6) is 0 Å². The van der Waals surface area contributed by atoms with E-state index < -0.39 is 0 Å². The van der Waals surface area contributed by atoms with Crippen LogP contribution < -0.4 is 5.32 Å². The number of hydrogen-bond donors (Lipinski definition) is 1. The van der Waals surface area contributed by atoms with Gasteiger partial charge < -0.3 is 9.73 Å². The number of para-hydroxylation sites is 2. The van der Waals surface area contributed by atoms with Crippen LogP contribution in [0.25, 0.3) is 11.1 Å². The summed E-state index contributed by atoms with van der Waals surface area (Å²) in [6, 6.07) is 15.5. The maximum Gasteiger partial charge on any atom is 0.256 e. The molecule has 0 aliphatic heterocycles. The zero-order valence-corrected chi connectivity index (χ0v) is 12.2. The van der Waals surface area contributed by atoms with Crippen molar-refractivity contribution in [3.8, 4) is 0 Å². The maximum absolute atomic E-state index is 5.84. The summed E-state index contributed by atoms with van der Waals surface area (Å²) in [5.74, 6) is 0.884. The molecular weight excluding hydrogens is 292 g/mol. The van der Waals surface area contributed by atoms with Crippen molar-refractivity contribution in [1.29, 1.82) is 0 Å². The second kappa shape index (κ2) is 6.20. The number of hydrogen-bond acceptors (Lipinski definition) is 4. The molecule has 2 aromatic carbocycles. The number of rotatable bonds is 5. The number of halogens is 1. The lowest BCUT2D eigenvalue weighted by atomic mass is 10.3. The molecule has 0 unspecified atom stereocenters. The Kier molecular flexibility index (Phi) is 4.14. The highest BCUT2D eigenvalue weighted by atomic mass is 35.5. The van der Waals surface area contributed by atoms with Crippen molar-refractivity contribution in [3.63, 3.8) is 0 Å². The van der Waals surface area contributed by atoms with Gasteiger partial charge in [-0.3, -0.25) is 0 Å². The van der Waals surface area contributed by atoms with Crippen LogP contribution in [0.4, 0.5) is 5.69 Å². The fourth-order valence-corrected chi connectivity index (χ4v) is 2.63. The number of benzene rings is 2. The molecule has 5 heteroatoms. The third kappa shape index (κ3) is 3.26. The van der Waals surface area contributed by atoms with Crippen LogP contribution in [0.3, 0.4) is 0 Å². The summed E-state index contributed by atoms with van der Waals surface area (Å²) in [6.07, 6.45) is 0. The number of nitrogens with zero attached hydrogens (tertiary/aromatic N) is 1. The molecule has 1 aromatic heterocycles. The van der Waals surface area contributed by atoms with Gasteiger partial charge in [-0.25, -0.2) is 4.98 Å². The highest BCUT2D eigenvalue weighted by molar-refractivity contribution is 7.99. The highest BCUT2D eigenvalue weighted by Gasteiger charge is 2.04. The van der Waals surface area contributed by atoms with Gasteiger partial charge >= 0.3 is 0 Å². The van der Waals surface area contributed by atoms with Gasteiger partial charge in [-0.15, -0.1) is 0 Å². The Morgan fingerprint density at radius 1 is 1.10 bits per heavy atom. The van der Waals surface area contributed by atoms with Crippen molar-refractivity contribution in [2.75, 3.05) is 17.6 Å². The van der Waals surface area contributed by atoms with Crippen LogP contribution >= 0.6 is 23.4 Å². The minimum absolute atomic E-state index is 0.712. The van der Waals surface area contributed by atoms with Gasteiger partial charge in [-0.2, -0.15) is 0 Å². The van der Waals surface area contributed by atoms with E-state index in [1.54, 1.807) is 11.8 Å². The first kappa shape index (κ1) is 13.3. The molecule has 20 heavy (non-hydrogen) atoms. The monoisotopic (exact) mass is 304 g/mol. The van der Waals surface area contributed by atoms with E-state index in [9.17, 15) is 0 Å². The Balaban J connectivity index is 1.51. The Morgan fingerprint density at radius 2 is 1.90 bits per heavy atom. The van der Waals surface area contributed by atoms with Crippen LogP contribution in [0, 0.1) is 0 Å². The van der Waals surface area contributed by atoms with Gasteiger partial charge in [0.05, 0.1) is 0 Å². The van der Waals surface area contributed by atoms with Crippen LogP contribution in [-0.4, -0.2) is 17.3 Å². The number of fused-ring (bicyclic) bond motifs is 1. The van der Waals surface area contributed by atoms with Crippen molar-refractivity contribution >= 4 is 40.1 Å². The summed E-state index contributed by atoms with van der Waals surface area (Å²) in [5.41, 5.74) is 2.80. The normalized spacial score (nSPS) is 10.8. The van der Waals surface area contributed by atoms with Crippen LogP contribution in [-0.2, 0) is 0 Å². The predicted molar refractivity (Wildman–Crippen MR) is 84.7 cm³/mol. The van der Waals surface area contributed by atoms with Gasteiger partial charge in [0.15, 0.2) is 5.58 Å². The molecule has 1 N–H and O–H groups in total. The van der Waals surface area contributed by atoms with E-state index in [1.807, 2.05) is 48.5 Å². The fraction of sp³-hybridized carbons (Fsp3) is 0.133. The average molecular weight is 305 g/mol. The van der Waals surface area contributed by atoms with Gasteiger partial charge in [0.2, 0.25) is 0 Å². The molecule has 0 radical (unpaired) electrons. The molecule has 0 aliphatic rings. The van der Waals surface area contributed by atoms with Crippen molar-refractivity contribution in [1.82, 2.24) is 4.98 Å². The van der Waals surface area contributed by atoms with Gasteiger partial charge in [-0.05, 0) is 36.4 Å². The smallest absolute Gasteiger partial charge is 0.256 e. The first-order chi connectivity index (χ1) is 9.81. The molecular formula is C15H13ClN2OS. The lowest BCUT2D eigenvalue weighted by Crippen LogP contribution is -2.03. The molecule has 0 atom stereocenters. The van der Waals surface area contributed by atoms with Crippen LogP contribution in [0.2, 0.25) is 5.02 Å². The van der Waals surface area contributed by atoms with E-state index in [4.69, 9.17) is 16.0 Å². The summed E-state index contributed by atoms with van der Waals surface area (Å²) in [7, 11) is 0. The fourth-order valence-electron chi connectivity index (χ4n) is 1.81. The molecule has 0 saturated heterocycles. The van der Waals surface area contributed by atoms with Crippen LogP contribution in [0.1, 0.15) is 0 Å². The summed E-state index contributed by atoms with van der Waals surface area (Å²) >= 11 is 7.44. The summed E-state index contributed by atoms with van der Waals surface area (Å²) in [6.45, 7) is 0.838. The minimum atomic E-state index is 0.712. The lowest BCUT2D eigenvalue weighted by Gasteiger charge is -2.04. The average Bonchev–Trinajstić information content (AvgIpc) is 2.88. The van der Waals surface area contributed by atoms with Gasteiger partial charge in [-0.1, -0.05) is 35.5 Å². The molecule has 102 valence electrons. The maximum atomic E-state index is 5.84. The number of anilines is 1. The Labute approximate surface area is 126 Å². The molecule has 0 spiro atoms. The van der Waals surface area contributed by atoms with Crippen molar-refractivity contribution < 1.29 is 4.42 Å². The highest BCUT2D eigenvalue weighted by Crippen LogP contribution is 2.23. The van der Waals surface area contributed by atoms with E-state index in [1.165, 1.54) is 0 Å². The predicted octanol–water partition coefficient (Wildman–Crippen LogP) is 4.69. The Morgan fingerprint density at radius 3 is 2.70 bits per heavy atom. The van der Waals surface area contributed by atoms with E-state index in [0.29, 0.717) is 5.22 Å². The molecule has 0 amide bonds. The standard InChI is InChI=1S/C15H13ClN2OS/c16-11-5-7-12(8-6-11)17-9-10-20-15-18-13-3-1-2-4-14(13)19-15/h1-8,17H,9-10H2. The first-order valence-corrected chi connectivity index (χ1v) is 7.65. The van der Waals surface area contributed by atoms with Gasteiger partial charge in [0.1, 0.15) is 5.52 Å². The molecule has 0 saturated carbocycles. The second-order valence-electron chi connectivity index (χ2n) is 4.23. The largest absolute Gasteiger partial charge is 0.431 e. The molecule has 3 rings (SSSR count). The number of aromatic nitrogens is 1. The molecule has 0 bridgehead atoms. The van der Waals surface area contributed by atoms with Crippen LogP contribution in [0.15, 0.2) is 58.2 Å². The molecule has 3 nitrogen and oxygen atoms in total. The summed E-state index contributed by atoms with van der Waals surface area (Å²) in [5, 5.41) is 4.79. The summed E-state index contributed by atoms with van der Waals surface area (Å²) in [4.78, 5) is 4.42. The Bertz CT molecular complexity index is 663. The zero-order chi connectivity index (χ0) is 13.8. The van der Waals surface area contributed by atoms with Crippen molar-refractivity contribution in [3.05, 3.63) is 53.6 Å². The second-order valence-corrected chi connectivity index (χ2v) is 5.71. The van der Waals surface area contributed by atoms with E-state index in [2.05, 4.69) is 10.3 Å². The third-order valence-electron chi connectivity index (χ3n) is 2.78. The number of nitrogens with one attached hydrogen (secondary N) is 1. The topological polar surface area (TPSA) is 38.1 Å². The summed E-state index contributed by atoms with van der Waals surface area (Å²) < 4.78 is 5.64. The minimum Gasteiger partial charge on any atom is -0.431 e. The van der Waals surface area contributed by atoms with Crippen molar-refractivity contribution in [2.45, 2.75) is 5.22 Å². The zero-order valence-electron chi connectivity index (χ0n) is 10.7. The van der Waals surface area contributed by atoms with E-state index >= 15 is 0 Å². The SMILES string of the molecule is Clc1ccc(NCCSc2nc3ccccc3o2)cc1. The number of oxazole rings is 1. The van der Waals surface area contributed by atoms with Gasteiger partial charge in [0, 0.05) is 23.0 Å². The van der Waals surface area contributed by atoms with E-state index in [-0.39, 0.29) is 0 Å². The van der Waals surface area contributed by atoms with Crippen molar-refractivity contribution in [2.24, 2.45) is 0 Å². The molecule has 3 aromatic rings. The third-order valence-corrected chi connectivity index (χ3v) is 3.86. The first-order valence-electron chi connectivity index (χ1n) is 6.29. The Hall–Kier alpha value is -1.65. The van der Waals surface area contributed by atoms with E-state index in [0.717, 1.165) is 34.1 Å². The molecule has 0 fully saturated rings. The molecule has 0 aliphatic carbocycles. The molecule has 1 heterocycles. The number of thioether (sulfide) groups is 1. The lowest BCUT2D eigenvalue weighted by molar-refractivity contribution is 0.489.